The molecule has 31 heavy (non-hydrogen) atoms. The lowest BCUT2D eigenvalue weighted by Gasteiger charge is -2.03. The zero-order chi connectivity index (χ0) is 22.2. The number of aromatic nitrogens is 5. The van der Waals surface area contributed by atoms with Crippen LogP contribution in [0.3, 0.4) is 0 Å². The number of nitrogens with zero attached hydrogens (tertiary/aromatic N) is 4. The van der Waals surface area contributed by atoms with Crippen LogP contribution >= 0.6 is 0 Å². The number of methoxy groups -OCH3 is 1. The second kappa shape index (κ2) is 10.9. The first-order chi connectivity index (χ1) is 15.0. The summed E-state index contributed by atoms with van der Waals surface area (Å²) in [6.07, 6.45) is 6.75. The van der Waals surface area contributed by atoms with Gasteiger partial charge in [0.25, 0.3) is 5.91 Å². The Hall–Kier alpha value is -3.00. The van der Waals surface area contributed by atoms with E-state index in [1.165, 1.54) is 25.7 Å². The van der Waals surface area contributed by atoms with Gasteiger partial charge in [0.15, 0.2) is 5.82 Å². The Bertz CT molecular complexity index is 958. The van der Waals surface area contributed by atoms with Crippen molar-refractivity contribution < 1.29 is 9.53 Å². The summed E-state index contributed by atoms with van der Waals surface area (Å²) < 4.78 is 6.58. The predicted octanol–water partition coefficient (Wildman–Crippen LogP) is 4.40. The van der Waals surface area contributed by atoms with Crippen molar-refractivity contribution in [1.29, 1.82) is 0 Å². The number of hydrogen-bond acceptors (Lipinski definition) is 5. The Kier molecular flexibility index (Phi) is 7.94. The first-order valence-electron chi connectivity index (χ1n) is 10.8. The molecule has 0 unspecified atom stereocenters. The highest BCUT2D eigenvalue weighted by Gasteiger charge is 2.20. The fourth-order valence-corrected chi connectivity index (χ4v) is 3.70. The highest BCUT2D eigenvalue weighted by atomic mass is 16.5. The topological polar surface area (TPSA) is 97.7 Å². The molecule has 3 aromatic heterocycles. The fourth-order valence-electron chi connectivity index (χ4n) is 3.70. The number of aromatic amines is 1. The number of carbonyl (C=O) groups is 1. The number of hydrogen-bond donors (Lipinski definition) is 2. The van der Waals surface area contributed by atoms with Crippen LogP contribution in [0, 0.1) is 0 Å². The largest absolute Gasteiger partial charge is 0.378 e. The van der Waals surface area contributed by atoms with Gasteiger partial charge in [0.2, 0.25) is 0 Å². The van der Waals surface area contributed by atoms with Crippen molar-refractivity contribution in [2.24, 2.45) is 7.05 Å². The number of ether oxygens (including phenoxy) is 1. The number of nitrogens with one attached hydrogen (secondary N) is 2. The summed E-state index contributed by atoms with van der Waals surface area (Å²) in [6.45, 7) is 4.67. The lowest BCUT2D eigenvalue weighted by molar-refractivity contribution is 0.101. The van der Waals surface area contributed by atoms with Gasteiger partial charge in [-0.3, -0.25) is 19.6 Å². The number of aryl methyl sites for hydroxylation is 1. The average Bonchev–Trinajstić information content (AvgIpc) is 3.50. The maximum Gasteiger partial charge on any atom is 0.275 e. The SMILES string of the molecule is CC(C)c1ccccn1.COCc1cc(C(=O)Nc2cc(C3CCCC3)[nH]n2)n(C)n1. The van der Waals surface area contributed by atoms with Crippen LogP contribution < -0.4 is 5.32 Å². The van der Waals surface area contributed by atoms with Crippen molar-refractivity contribution in [1.82, 2.24) is 25.0 Å². The summed E-state index contributed by atoms with van der Waals surface area (Å²) in [5.74, 6) is 1.43. The summed E-state index contributed by atoms with van der Waals surface area (Å²) in [4.78, 5) is 16.5. The third-order valence-electron chi connectivity index (χ3n) is 5.37. The van der Waals surface area contributed by atoms with Gasteiger partial charge < -0.3 is 10.1 Å². The smallest absolute Gasteiger partial charge is 0.275 e. The van der Waals surface area contributed by atoms with Crippen molar-refractivity contribution in [2.45, 2.75) is 58.0 Å². The second-order valence-corrected chi connectivity index (χ2v) is 8.13. The van der Waals surface area contributed by atoms with Gasteiger partial charge in [0, 0.05) is 43.7 Å². The number of anilines is 1. The van der Waals surface area contributed by atoms with Gasteiger partial charge >= 0.3 is 0 Å². The minimum Gasteiger partial charge on any atom is -0.378 e. The molecule has 0 bridgehead atoms. The molecule has 1 aliphatic rings. The van der Waals surface area contributed by atoms with Crippen LogP contribution in [0.1, 0.15) is 78.9 Å². The molecule has 166 valence electrons. The van der Waals surface area contributed by atoms with E-state index in [4.69, 9.17) is 4.74 Å². The molecule has 0 saturated heterocycles. The molecular weight excluding hydrogens is 392 g/mol. The fraction of sp³-hybridized carbons (Fsp3) is 0.478. The summed E-state index contributed by atoms with van der Waals surface area (Å²) >= 11 is 0. The van der Waals surface area contributed by atoms with Crippen LogP contribution in [0.2, 0.25) is 0 Å². The summed E-state index contributed by atoms with van der Waals surface area (Å²) in [5, 5.41) is 14.3. The molecule has 0 spiro atoms. The van der Waals surface area contributed by atoms with Gasteiger partial charge in [0.05, 0.1) is 12.3 Å². The van der Waals surface area contributed by atoms with Crippen molar-refractivity contribution in [3.05, 3.63) is 59.3 Å². The molecule has 0 atom stereocenters. The highest BCUT2D eigenvalue weighted by Crippen LogP contribution is 2.33. The van der Waals surface area contributed by atoms with Crippen molar-refractivity contribution in [3.8, 4) is 0 Å². The summed E-state index contributed by atoms with van der Waals surface area (Å²) in [6, 6.07) is 9.66. The minimum atomic E-state index is -0.221. The van der Waals surface area contributed by atoms with Crippen LogP contribution in [-0.4, -0.2) is 38.0 Å². The maximum atomic E-state index is 12.3. The van der Waals surface area contributed by atoms with Gasteiger partial charge in [-0.2, -0.15) is 10.2 Å². The van der Waals surface area contributed by atoms with Crippen molar-refractivity contribution in [3.63, 3.8) is 0 Å². The zero-order valence-corrected chi connectivity index (χ0v) is 18.8. The van der Waals surface area contributed by atoms with E-state index in [1.807, 2.05) is 30.5 Å². The van der Waals surface area contributed by atoms with Gasteiger partial charge in [-0.1, -0.05) is 32.8 Å². The van der Waals surface area contributed by atoms with E-state index in [2.05, 4.69) is 39.4 Å². The van der Waals surface area contributed by atoms with Crippen molar-refractivity contribution in [2.75, 3.05) is 12.4 Å². The number of carbonyl (C=O) groups excluding carboxylic acids is 1. The molecule has 1 saturated carbocycles. The van der Waals surface area contributed by atoms with Gasteiger partial charge in [0.1, 0.15) is 5.69 Å². The third-order valence-corrected chi connectivity index (χ3v) is 5.37. The Morgan fingerprint density at radius 3 is 2.68 bits per heavy atom. The van der Waals surface area contributed by atoms with E-state index < -0.39 is 0 Å². The number of pyridine rings is 1. The Labute approximate surface area is 183 Å². The monoisotopic (exact) mass is 424 g/mol. The molecule has 0 aromatic carbocycles. The van der Waals surface area contributed by atoms with Crippen LogP contribution in [0.25, 0.3) is 0 Å². The first-order valence-corrected chi connectivity index (χ1v) is 10.8. The summed E-state index contributed by atoms with van der Waals surface area (Å²) in [7, 11) is 3.34. The molecule has 0 aliphatic heterocycles. The standard InChI is InChI=1S/C15H21N5O2.C8H11N/c1-20-13(7-11(19-20)9-22-2)15(21)16-14-8-12(17-18-14)10-5-3-4-6-10;1-7(2)8-5-3-4-6-9-8/h7-8,10H,3-6,9H2,1-2H3,(H2,16,17,18,21);3-7H,1-2H3. The first kappa shape index (κ1) is 22.7. The van der Waals surface area contributed by atoms with Gasteiger partial charge in [-0.25, -0.2) is 0 Å². The number of rotatable bonds is 6. The lowest BCUT2D eigenvalue weighted by Crippen LogP contribution is -2.16. The molecule has 3 aromatic rings. The lowest BCUT2D eigenvalue weighted by atomic mass is 10.0. The third kappa shape index (κ3) is 6.24. The molecule has 1 aliphatic carbocycles. The normalized spacial score (nSPS) is 13.8. The molecule has 8 nitrogen and oxygen atoms in total. The van der Waals surface area contributed by atoms with Gasteiger partial charge in [-0.15, -0.1) is 0 Å². The second-order valence-electron chi connectivity index (χ2n) is 8.13. The predicted molar refractivity (Wildman–Crippen MR) is 120 cm³/mol. The molecule has 1 fully saturated rings. The molecule has 3 heterocycles. The van der Waals surface area contributed by atoms with E-state index in [-0.39, 0.29) is 5.91 Å². The zero-order valence-electron chi connectivity index (χ0n) is 18.8. The molecule has 2 N–H and O–H groups in total. The highest BCUT2D eigenvalue weighted by molar-refractivity contribution is 6.02. The Morgan fingerprint density at radius 1 is 1.29 bits per heavy atom. The van der Waals surface area contributed by atoms with E-state index >= 15 is 0 Å². The average molecular weight is 425 g/mol. The molecule has 4 rings (SSSR count). The minimum absolute atomic E-state index is 0.221. The Morgan fingerprint density at radius 2 is 2.06 bits per heavy atom. The van der Waals surface area contributed by atoms with E-state index in [9.17, 15) is 4.79 Å². The summed E-state index contributed by atoms with van der Waals surface area (Å²) in [5.41, 5.74) is 3.48. The Balaban J connectivity index is 0.000000254. The molecular formula is C23H32N6O2. The van der Waals surface area contributed by atoms with Crippen LogP contribution in [-0.2, 0) is 18.4 Å². The molecule has 1 amide bonds. The van der Waals surface area contributed by atoms with Crippen molar-refractivity contribution >= 4 is 11.7 Å². The maximum absolute atomic E-state index is 12.3. The van der Waals surface area contributed by atoms with Crippen LogP contribution in [0.4, 0.5) is 5.82 Å². The van der Waals surface area contributed by atoms with E-state index in [1.54, 1.807) is 24.9 Å². The van der Waals surface area contributed by atoms with E-state index in [0.717, 1.165) is 17.1 Å². The van der Waals surface area contributed by atoms with Crippen LogP contribution in [0.5, 0.6) is 0 Å². The molecule has 0 radical (unpaired) electrons. The number of H-pyrrole nitrogens is 1. The van der Waals surface area contributed by atoms with Gasteiger partial charge in [-0.05, 0) is 37.0 Å². The molecule has 8 heteroatoms. The van der Waals surface area contributed by atoms with Crippen LogP contribution in [0.15, 0.2) is 36.5 Å². The number of amides is 1. The van der Waals surface area contributed by atoms with E-state index in [0.29, 0.717) is 30.0 Å². The quantitative estimate of drug-likeness (QED) is 0.611.